The minimum atomic E-state index is -3.29. The number of hydrogen-bond acceptors (Lipinski definition) is 3. The van der Waals surface area contributed by atoms with Gasteiger partial charge in [-0.3, -0.25) is 4.79 Å². The first-order chi connectivity index (χ1) is 11.0. The molecule has 0 aromatic carbocycles. The van der Waals surface area contributed by atoms with Crippen molar-refractivity contribution in [2.75, 3.05) is 18.8 Å². The van der Waals surface area contributed by atoms with E-state index in [1.165, 1.54) is 30.0 Å². The Kier molecular flexibility index (Phi) is 5.31. The van der Waals surface area contributed by atoms with Crippen molar-refractivity contribution in [3.8, 4) is 0 Å². The fourth-order valence-electron chi connectivity index (χ4n) is 4.78. The van der Waals surface area contributed by atoms with Gasteiger partial charge in [0, 0.05) is 19.1 Å². The van der Waals surface area contributed by atoms with Crippen LogP contribution in [0.4, 0.5) is 0 Å². The van der Waals surface area contributed by atoms with Crippen molar-refractivity contribution in [2.24, 2.45) is 5.92 Å². The molecule has 0 spiro atoms. The third-order valence-corrected chi connectivity index (χ3v) is 7.91. The summed E-state index contributed by atoms with van der Waals surface area (Å²) in [6, 6.07) is -0.0754. The van der Waals surface area contributed by atoms with Gasteiger partial charge in [-0.1, -0.05) is 19.8 Å². The maximum Gasteiger partial charge on any atom is 0.241 e. The normalized spacial score (nSPS) is 32.7. The molecule has 6 heteroatoms. The largest absolute Gasteiger partial charge is 0.338 e. The van der Waals surface area contributed by atoms with E-state index in [1.54, 1.807) is 0 Å². The Morgan fingerprint density at radius 1 is 1.00 bits per heavy atom. The Labute approximate surface area is 140 Å². The molecule has 3 fully saturated rings. The monoisotopic (exact) mass is 342 g/mol. The summed E-state index contributed by atoms with van der Waals surface area (Å²) >= 11 is 0. The lowest BCUT2D eigenvalue weighted by molar-refractivity contribution is -0.141. The van der Waals surface area contributed by atoms with Crippen molar-refractivity contribution >= 4 is 15.9 Å². The van der Waals surface area contributed by atoms with Crippen molar-refractivity contribution in [1.29, 1.82) is 0 Å². The fourth-order valence-corrected chi connectivity index (χ4v) is 6.53. The van der Waals surface area contributed by atoms with Gasteiger partial charge in [-0.25, -0.2) is 8.42 Å². The Balaban J connectivity index is 1.76. The van der Waals surface area contributed by atoms with Crippen LogP contribution in [0.3, 0.4) is 0 Å². The standard InChI is InChI=1S/C17H30N2O3S/c1-2-13-23(21,22)19-12-6-10-16(19)17(20)18-11-5-8-14-7-3-4-9-15(14)18/h14-16H,2-13H2,1H3/t14-,15-,16-/m1/s1. The van der Waals surface area contributed by atoms with E-state index in [9.17, 15) is 13.2 Å². The first-order valence-electron chi connectivity index (χ1n) is 9.34. The van der Waals surface area contributed by atoms with E-state index >= 15 is 0 Å². The zero-order chi connectivity index (χ0) is 16.4. The number of fused-ring (bicyclic) bond motifs is 1. The number of likely N-dealkylation sites (tertiary alicyclic amines) is 1. The number of nitrogens with zero attached hydrogens (tertiary/aromatic N) is 2. The van der Waals surface area contributed by atoms with Crippen LogP contribution in [-0.2, 0) is 14.8 Å². The minimum absolute atomic E-state index is 0.0822. The van der Waals surface area contributed by atoms with Crippen LogP contribution in [-0.4, -0.2) is 54.5 Å². The summed E-state index contributed by atoms with van der Waals surface area (Å²) in [4.78, 5) is 15.2. The highest BCUT2D eigenvalue weighted by Gasteiger charge is 2.43. The molecule has 2 saturated heterocycles. The second-order valence-corrected chi connectivity index (χ2v) is 9.41. The number of carbonyl (C=O) groups excluding carboxylic acids is 1. The van der Waals surface area contributed by atoms with Crippen molar-refractivity contribution in [3.63, 3.8) is 0 Å². The van der Waals surface area contributed by atoms with E-state index in [4.69, 9.17) is 0 Å². The number of piperidine rings is 1. The van der Waals surface area contributed by atoms with E-state index in [0.717, 1.165) is 25.8 Å². The summed E-state index contributed by atoms with van der Waals surface area (Å²) in [6.07, 6.45) is 9.22. The lowest BCUT2D eigenvalue weighted by atomic mass is 9.78. The summed E-state index contributed by atoms with van der Waals surface area (Å²) in [6.45, 7) is 3.21. The van der Waals surface area contributed by atoms with Gasteiger partial charge in [0.2, 0.25) is 15.9 Å². The van der Waals surface area contributed by atoms with Gasteiger partial charge in [0.1, 0.15) is 6.04 Å². The molecular weight excluding hydrogens is 312 g/mol. The Hall–Kier alpha value is -0.620. The lowest BCUT2D eigenvalue weighted by Gasteiger charge is -2.45. The molecule has 0 aromatic heterocycles. The van der Waals surface area contributed by atoms with Gasteiger partial charge in [-0.2, -0.15) is 4.31 Å². The topological polar surface area (TPSA) is 57.7 Å². The molecule has 0 aromatic rings. The molecular formula is C17H30N2O3S. The smallest absolute Gasteiger partial charge is 0.241 e. The van der Waals surface area contributed by atoms with Gasteiger partial charge in [0.05, 0.1) is 5.75 Å². The van der Waals surface area contributed by atoms with Crippen LogP contribution in [0.25, 0.3) is 0 Å². The predicted molar refractivity (Wildman–Crippen MR) is 90.5 cm³/mol. The number of sulfonamides is 1. The summed E-state index contributed by atoms with van der Waals surface area (Å²) in [5, 5.41) is 0. The predicted octanol–water partition coefficient (Wildman–Crippen LogP) is 2.37. The Morgan fingerprint density at radius 2 is 1.70 bits per heavy atom. The van der Waals surface area contributed by atoms with E-state index in [1.807, 2.05) is 6.92 Å². The van der Waals surface area contributed by atoms with Crippen LogP contribution in [0.15, 0.2) is 0 Å². The molecule has 3 aliphatic rings. The van der Waals surface area contributed by atoms with Crippen LogP contribution < -0.4 is 0 Å². The molecule has 1 saturated carbocycles. The molecule has 3 rings (SSSR count). The molecule has 2 heterocycles. The number of hydrogen-bond donors (Lipinski definition) is 0. The van der Waals surface area contributed by atoms with Crippen LogP contribution in [0.2, 0.25) is 0 Å². The first-order valence-corrected chi connectivity index (χ1v) is 11.0. The number of amides is 1. The summed E-state index contributed by atoms with van der Waals surface area (Å²) in [7, 11) is -3.29. The van der Waals surface area contributed by atoms with Gasteiger partial charge in [-0.05, 0) is 50.9 Å². The summed E-state index contributed by atoms with van der Waals surface area (Å²) in [5.74, 6) is 0.880. The molecule has 1 aliphatic carbocycles. The fraction of sp³-hybridized carbons (Fsp3) is 0.941. The molecule has 3 atom stereocenters. The zero-order valence-corrected chi connectivity index (χ0v) is 15.1. The highest BCUT2D eigenvalue weighted by atomic mass is 32.2. The van der Waals surface area contributed by atoms with Crippen LogP contribution >= 0.6 is 0 Å². The summed E-state index contributed by atoms with van der Waals surface area (Å²) in [5.41, 5.74) is 0. The highest BCUT2D eigenvalue weighted by Crippen LogP contribution is 2.36. The van der Waals surface area contributed by atoms with Crippen LogP contribution in [0.5, 0.6) is 0 Å². The molecule has 1 amide bonds. The van der Waals surface area contributed by atoms with Crippen molar-refractivity contribution < 1.29 is 13.2 Å². The minimum Gasteiger partial charge on any atom is -0.338 e. The first kappa shape index (κ1) is 17.2. The van der Waals surface area contributed by atoms with Crippen molar-refractivity contribution in [3.05, 3.63) is 0 Å². The maximum absolute atomic E-state index is 13.1. The maximum atomic E-state index is 13.1. The van der Waals surface area contributed by atoms with Gasteiger partial charge in [-0.15, -0.1) is 0 Å². The molecule has 0 radical (unpaired) electrons. The number of rotatable bonds is 4. The van der Waals surface area contributed by atoms with E-state index in [0.29, 0.717) is 31.3 Å². The quantitative estimate of drug-likeness (QED) is 0.788. The van der Waals surface area contributed by atoms with E-state index < -0.39 is 16.1 Å². The third-order valence-electron chi connectivity index (χ3n) is 5.83. The van der Waals surface area contributed by atoms with Crippen molar-refractivity contribution in [2.45, 2.75) is 76.8 Å². The Bertz CT molecular complexity index is 532. The average Bonchev–Trinajstić information content (AvgIpc) is 3.04. The molecule has 5 nitrogen and oxygen atoms in total. The van der Waals surface area contributed by atoms with Crippen LogP contribution in [0.1, 0.15) is 64.7 Å². The van der Waals surface area contributed by atoms with E-state index in [2.05, 4.69) is 4.90 Å². The van der Waals surface area contributed by atoms with E-state index in [-0.39, 0.29) is 11.7 Å². The zero-order valence-electron chi connectivity index (χ0n) is 14.2. The molecule has 23 heavy (non-hydrogen) atoms. The number of carbonyl (C=O) groups is 1. The van der Waals surface area contributed by atoms with Gasteiger partial charge in [0.25, 0.3) is 0 Å². The third kappa shape index (κ3) is 3.43. The second-order valence-electron chi connectivity index (χ2n) is 7.37. The highest BCUT2D eigenvalue weighted by molar-refractivity contribution is 7.89. The second kappa shape index (κ2) is 7.09. The molecule has 0 bridgehead atoms. The van der Waals surface area contributed by atoms with Gasteiger partial charge in [0.15, 0.2) is 0 Å². The van der Waals surface area contributed by atoms with Gasteiger partial charge < -0.3 is 4.90 Å². The molecule has 2 aliphatic heterocycles. The SMILES string of the molecule is CCCS(=O)(=O)N1CCC[C@@H]1C(=O)N1CCC[C@H]2CCCC[C@H]21. The lowest BCUT2D eigenvalue weighted by Crippen LogP contribution is -2.55. The van der Waals surface area contributed by atoms with Crippen molar-refractivity contribution in [1.82, 2.24) is 9.21 Å². The Morgan fingerprint density at radius 3 is 2.48 bits per heavy atom. The van der Waals surface area contributed by atoms with Crippen LogP contribution in [0, 0.1) is 5.92 Å². The summed E-state index contributed by atoms with van der Waals surface area (Å²) < 4.78 is 26.4. The molecule has 132 valence electrons. The average molecular weight is 343 g/mol. The molecule has 0 N–H and O–H groups in total. The van der Waals surface area contributed by atoms with Gasteiger partial charge >= 0.3 is 0 Å². The molecule has 0 unspecified atom stereocenters.